The molecule has 0 saturated heterocycles. The highest BCUT2D eigenvalue weighted by atomic mass is 16.5. The van der Waals surface area contributed by atoms with Crippen molar-refractivity contribution in [3.63, 3.8) is 0 Å². The van der Waals surface area contributed by atoms with Crippen LogP contribution in [-0.2, 0) is 9.53 Å². The van der Waals surface area contributed by atoms with Gasteiger partial charge in [-0.2, -0.15) is 0 Å². The summed E-state index contributed by atoms with van der Waals surface area (Å²) in [5.74, 6) is -0.949. The van der Waals surface area contributed by atoms with Crippen molar-refractivity contribution in [2.75, 3.05) is 6.54 Å². The van der Waals surface area contributed by atoms with Gasteiger partial charge < -0.3 is 15.2 Å². The summed E-state index contributed by atoms with van der Waals surface area (Å²) in [5.41, 5.74) is 1.72. The van der Waals surface area contributed by atoms with Gasteiger partial charge in [-0.25, -0.2) is 4.79 Å². The molecular weight excluding hydrogens is 306 g/mol. The highest BCUT2D eigenvalue weighted by molar-refractivity contribution is 5.95. The molecule has 1 rings (SSSR count). The van der Waals surface area contributed by atoms with E-state index in [1.165, 1.54) is 6.92 Å². The summed E-state index contributed by atoms with van der Waals surface area (Å²) >= 11 is 0. The second-order valence-electron chi connectivity index (χ2n) is 6.40. The van der Waals surface area contributed by atoms with Crippen molar-refractivity contribution < 1.29 is 19.4 Å². The lowest BCUT2D eigenvalue weighted by Crippen LogP contribution is -2.35. The van der Waals surface area contributed by atoms with E-state index in [0.29, 0.717) is 12.1 Å². The summed E-state index contributed by atoms with van der Waals surface area (Å²) in [4.78, 5) is 24.2. The Morgan fingerprint density at radius 2 is 1.83 bits per heavy atom. The average Bonchev–Trinajstić information content (AvgIpc) is 2.51. The van der Waals surface area contributed by atoms with Gasteiger partial charge in [0.15, 0.2) is 6.10 Å². The van der Waals surface area contributed by atoms with E-state index in [1.807, 2.05) is 33.8 Å². The lowest BCUT2D eigenvalue weighted by molar-refractivity contribution is -0.128. The largest absolute Gasteiger partial charge is 0.507 e. The molecule has 0 bridgehead atoms. The van der Waals surface area contributed by atoms with Crippen molar-refractivity contribution in [1.29, 1.82) is 0 Å². The van der Waals surface area contributed by atoms with Crippen LogP contribution in [0.25, 0.3) is 0 Å². The molecule has 0 fully saturated rings. The molecule has 132 valence electrons. The van der Waals surface area contributed by atoms with Gasteiger partial charge >= 0.3 is 5.97 Å². The van der Waals surface area contributed by atoms with E-state index < -0.39 is 18.0 Å². The number of phenolic OH excluding ortho intramolecular Hbond substituents is 1. The number of esters is 1. The molecule has 0 aliphatic carbocycles. The molecule has 1 aromatic carbocycles. The second-order valence-corrected chi connectivity index (χ2v) is 6.40. The quantitative estimate of drug-likeness (QED) is 0.591. The van der Waals surface area contributed by atoms with Crippen molar-refractivity contribution >= 4 is 11.9 Å². The molecule has 0 saturated carbocycles. The van der Waals surface area contributed by atoms with Crippen LogP contribution in [0.2, 0.25) is 0 Å². The normalized spacial score (nSPS) is 12.1. The van der Waals surface area contributed by atoms with Crippen LogP contribution in [0.1, 0.15) is 67.9 Å². The van der Waals surface area contributed by atoms with Gasteiger partial charge in [-0.3, -0.25) is 4.79 Å². The standard InChI is InChI=1S/C19H27NO4/c1-7-8-20-18(22)13(6)24-19(23)16-10-14(11(2)3)9-15(12(4)5)17(16)21/h7,9-13,21H,1,8H2,2-6H3,(H,20,22)/t13-/m0/s1. The number of carbonyl (C=O) groups is 2. The molecule has 0 unspecified atom stereocenters. The van der Waals surface area contributed by atoms with Gasteiger partial charge in [-0.1, -0.05) is 39.8 Å². The highest BCUT2D eigenvalue weighted by Crippen LogP contribution is 2.33. The van der Waals surface area contributed by atoms with Crippen LogP contribution in [-0.4, -0.2) is 29.6 Å². The Hall–Kier alpha value is -2.30. The second kappa shape index (κ2) is 8.52. The third-order valence-corrected chi connectivity index (χ3v) is 3.74. The number of amides is 1. The first-order valence-electron chi connectivity index (χ1n) is 8.15. The minimum absolute atomic E-state index is 0.0589. The Kier molecular flexibility index (Phi) is 7.01. The van der Waals surface area contributed by atoms with Gasteiger partial charge in [-0.05, 0) is 36.0 Å². The fourth-order valence-electron chi connectivity index (χ4n) is 2.20. The summed E-state index contributed by atoms with van der Waals surface area (Å²) < 4.78 is 5.20. The van der Waals surface area contributed by atoms with Crippen LogP contribution < -0.4 is 5.32 Å². The molecule has 0 aliphatic heterocycles. The van der Waals surface area contributed by atoms with Gasteiger partial charge in [0.2, 0.25) is 0 Å². The Labute approximate surface area is 143 Å². The van der Waals surface area contributed by atoms with E-state index in [1.54, 1.807) is 12.1 Å². The predicted molar refractivity (Wildman–Crippen MR) is 94.4 cm³/mol. The van der Waals surface area contributed by atoms with Crippen molar-refractivity contribution in [3.8, 4) is 5.75 Å². The maximum absolute atomic E-state index is 12.4. The summed E-state index contributed by atoms with van der Waals surface area (Å²) in [5, 5.41) is 13.0. The molecule has 0 radical (unpaired) electrons. The Balaban J connectivity index is 3.09. The van der Waals surface area contributed by atoms with Crippen LogP contribution in [0.3, 0.4) is 0 Å². The van der Waals surface area contributed by atoms with Crippen LogP contribution >= 0.6 is 0 Å². The molecule has 5 nitrogen and oxygen atoms in total. The zero-order valence-electron chi connectivity index (χ0n) is 15.1. The minimum atomic E-state index is -0.956. The van der Waals surface area contributed by atoms with E-state index in [0.717, 1.165) is 5.56 Å². The number of aromatic hydroxyl groups is 1. The van der Waals surface area contributed by atoms with E-state index in [2.05, 4.69) is 11.9 Å². The van der Waals surface area contributed by atoms with E-state index >= 15 is 0 Å². The van der Waals surface area contributed by atoms with Gasteiger partial charge in [0.05, 0.1) is 0 Å². The number of ether oxygens (including phenoxy) is 1. The van der Waals surface area contributed by atoms with Crippen LogP contribution in [0, 0.1) is 0 Å². The van der Waals surface area contributed by atoms with Crippen molar-refractivity contribution in [2.45, 2.75) is 52.6 Å². The number of phenols is 1. The average molecular weight is 333 g/mol. The summed E-state index contributed by atoms with van der Waals surface area (Å²) in [6.07, 6.45) is 0.585. The Morgan fingerprint density at radius 3 is 2.33 bits per heavy atom. The number of rotatable bonds is 7. The lowest BCUT2D eigenvalue weighted by atomic mass is 9.92. The number of benzene rings is 1. The van der Waals surface area contributed by atoms with Crippen LogP contribution in [0.15, 0.2) is 24.8 Å². The Morgan fingerprint density at radius 1 is 1.21 bits per heavy atom. The number of hydrogen-bond acceptors (Lipinski definition) is 4. The third kappa shape index (κ3) is 4.85. The molecule has 0 aromatic heterocycles. The van der Waals surface area contributed by atoms with Gasteiger partial charge in [0.25, 0.3) is 5.91 Å². The lowest BCUT2D eigenvalue weighted by Gasteiger charge is -2.18. The topological polar surface area (TPSA) is 75.6 Å². The van der Waals surface area contributed by atoms with Crippen molar-refractivity contribution in [1.82, 2.24) is 5.32 Å². The molecule has 1 aromatic rings. The van der Waals surface area contributed by atoms with E-state index in [9.17, 15) is 14.7 Å². The smallest absolute Gasteiger partial charge is 0.342 e. The molecule has 1 amide bonds. The summed E-state index contributed by atoms with van der Waals surface area (Å²) in [6.45, 7) is 13.2. The van der Waals surface area contributed by atoms with Gasteiger partial charge in [0, 0.05) is 6.54 Å². The monoisotopic (exact) mass is 333 g/mol. The van der Waals surface area contributed by atoms with Crippen molar-refractivity contribution in [3.05, 3.63) is 41.5 Å². The molecule has 5 heteroatoms. The van der Waals surface area contributed by atoms with Crippen LogP contribution in [0.4, 0.5) is 0 Å². The zero-order chi connectivity index (χ0) is 18.4. The third-order valence-electron chi connectivity index (χ3n) is 3.74. The molecule has 1 atom stereocenters. The molecule has 2 N–H and O–H groups in total. The van der Waals surface area contributed by atoms with Crippen LogP contribution in [0.5, 0.6) is 5.75 Å². The maximum Gasteiger partial charge on any atom is 0.342 e. The molecule has 0 aliphatic rings. The summed E-state index contributed by atoms with van der Waals surface area (Å²) in [7, 11) is 0. The first kappa shape index (κ1) is 19.7. The van der Waals surface area contributed by atoms with Gasteiger partial charge in [0.1, 0.15) is 11.3 Å². The number of hydrogen-bond donors (Lipinski definition) is 2. The fraction of sp³-hybridized carbons (Fsp3) is 0.474. The molecular formula is C19H27NO4. The SMILES string of the molecule is C=CCNC(=O)[C@H](C)OC(=O)c1cc(C(C)C)cc(C(C)C)c1O. The molecule has 0 heterocycles. The van der Waals surface area contributed by atoms with E-state index in [4.69, 9.17) is 4.74 Å². The number of nitrogens with one attached hydrogen (secondary N) is 1. The van der Waals surface area contributed by atoms with Gasteiger partial charge in [-0.15, -0.1) is 6.58 Å². The zero-order valence-corrected chi connectivity index (χ0v) is 15.1. The Bertz CT molecular complexity index is 620. The highest BCUT2D eigenvalue weighted by Gasteiger charge is 2.24. The molecule has 0 spiro atoms. The number of carbonyl (C=O) groups excluding carboxylic acids is 2. The van der Waals surface area contributed by atoms with E-state index in [-0.39, 0.29) is 23.1 Å². The fourth-order valence-corrected chi connectivity index (χ4v) is 2.20. The van der Waals surface area contributed by atoms with Crippen molar-refractivity contribution in [2.24, 2.45) is 0 Å². The summed E-state index contributed by atoms with van der Waals surface area (Å²) in [6, 6.07) is 3.53. The minimum Gasteiger partial charge on any atom is -0.507 e. The maximum atomic E-state index is 12.4. The first-order valence-corrected chi connectivity index (χ1v) is 8.15. The predicted octanol–water partition coefficient (Wildman–Crippen LogP) is 3.49. The first-order chi connectivity index (χ1) is 11.2. The molecule has 24 heavy (non-hydrogen) atoms.